The Morgan fingerprint density at radius 2 is 1.91 bits per heavy atom. The minimum Gasteiger partial charge on any atom is -0.325 e. The van der Waals surface area contributed by atoms with E-state index in [1.807, 2.05) is 12.3 Å². The number of nitrogens with zero attached hydrogens (tertiary/aromatic N) is 3. The van der Waals surface area contributed by atoms with Gasteiger partial charge in [0.2, 0.25) is 5.95 Å². The Bertz CT molecular complexity index is 830. The minimum atomic E-state index is -0.0318. The second-order valence-corrected chi connectivity index (χ2v) is 5.88. The van der Waals surface area contributed by atoms with Crippen LogP contribution in [-0.4, -0.2) is 22.7 Å². The fourth-order valence-electron chi connectivity index (χ4n) is 3.06. The van der Waals surface area contributed by atoms with Crippen molar-refractivity contribution in [2.24, 2.45) is 5.73 Å². The molecule has 3 aromatic rings. The van der Waals surface area contributed by atoms with E-state index in [1.54, 1.807) is 0 Å². The molecule has 0 amide bonds. The van der Waals surface area contributed by atoms with Gasteiger partial charge in [0, 0.05) is 18.3 Å². The van der Waals surface area contributed by atoms with E-state index < -0.39 is 0 Å². The smallest absolute Gasteiger partial charge is 0.227 e. The molecule has 2 heterocycles. The summed E-state index contributed by atoms with van der Waals surface area (Å²) in [5.41, 5.74) is 8.22. The lowest BCUT2D eigenvalue weighted by molar-refractivity contribution is 0.531. The van der Waals surface area contributed by atoms with E-state index >= 15 is 0 Å². The van der Waals surface area contributed by atoms with Crippen LogP contribution in [0.4, 0.5) is 5.95 Å². The highest BCUT2D eigenvalue weighted by Crippen LogP contribution is 2.25. The third-order valence-electron chi connectivity index (χ3n) is 4.33. The van der Waals surface area contributed by atoms with Gasteiger partial charge < -0.3 is 10.6 Å². The van der Waals surface area contributed by atoms with Crippen molar-refractivity contribution in [2.45, 2.75) is 19.0 Å². The van der Waals surface area contributed by atoms with Gasteiger partial charge in [0.1, 0.15) is 0 Å². The fraction of sp³-hybridized carbons (Fsp3) is 0.211. The van der Waals surface area contributed by atoms with Crippen molar-refractivity contribution in [3.05, 3.63) is 61.1 Å². The number of fused-ring (bicyclic) bond motifs is 1. The van der Waals surface area contributed by atoms with Gasteiger partial charge in [-0.1, -0.05) is 36.4 Å². The van der Waals surface area contributed by atoms with Crippen LogP contribution in [0.15, 0.2) is 54.7 Å². The number of nitrogens with two attached hydrogens (primary N) is 1. The van der Waals surface area contributed by atoms with Crippen LogP contribution in [0.2, 0.25) is 0 Å². The highest BCUT2D eigenvalue weighted by atomic mass is 15.3. The molecule has 23 heavy (non-hydrogen) atoms. The maximum Gasteiger partial charge on any atom is 0.227 e. The standard InChI is InChI=1S/C19H19N4/c20-18-7-3-4-12-23(18)19-21-11-10-17(22-19)16-9-8-14-5-1-2-6-15(14)13-16/h1-3,5-6,8-11,13,18H,4,7,12,20H2/t18-/m0/s1. The summed E-state index contributed by atoms with van der Waals surface area (Å²) in [5.74, 6) is 0.719. The van der Waals surface area contributed by atoms with Crippen LogP contribution in [0.5, 0.6) is 0 Å². The van der Waals surface area contributed by atoms with Gasteiger partial charge >= 0.3 is 0 Å². The summed E-state index contributed by atoms with van der Waals surface area (Å²) in [5, 5.41) is 2.45. The van der Waals surface area contributed by atoms with Gasteiger partial charge in [-0.25, -0.2) is 9.97 Å². The summed E-state index contributed by atoms with van der Waals surface area (Å²) in [4.78, 5) is 11.3. The second kappa shape index (κ2) is 5.97. The Hall–Kier alpha value is -2.46. The molecule has 1 saturated heterocycles. The zero-order valence-corrected chi connectivity index (χ0v) is 12.9. The summed E-state index contributed by atoms with van der Waals surface area (Å²) >= 11 is 0. The number of aromatic nitrogens is 2. The van der Waals surface area contributed by atoms with Gasteiger partial charge in [-0.2, -0.15) is 0 Å². The Kier molecular flexibility index (Phi) is 3.67. The number of hydrogen-bond acceptors (Lipinski definition) is 4. The van der Waals surface area contributed by atoms with E-state index in [0.717, 1.165) is 36.6 Å². The molecule has 2 aromatic carbocycles. The monoisotopic (exact) mass is 303 g/mol. The molecule has 0 spiro atoms. The summed E-state index contributed by atoms with van der Waals surface area (Å²) in [6, 6.07) is 16.7. The fourth-order valence-corrected chi connectivity index (χ4v) is 3.06. The Morgan fingerprint density at radius 3 is 2.78 bits per heavy atom. The van der Waals surface area contributed by atoms with Crippen LogP contribution in [0.25, 0.3) is 22.0 Å². The highest BCUT2D eigenvalue weighted by molar-refractivity contribution is 5.86. The first-order valence-electron chi connectivity index (χ1n) is 7.97. The van der Waals surface area contributed by atoms with Crippen LogP contribution in [0.1, 0.15) is 12.8 Å². The average molecular weight is 303 g/mol. The van der Waals surface area contributed by atoms with Crippen molar-refractivity contribution in [2.75, 3.05) is 11.4 Å². The summed E-state index contributed by atoms with van der Waals surface area (Å²) in [7, 11) is 0. The quantitative estimate of drug-likeness (QED) is 0.788. The predicted molar refractivity (Wildman–Crippen MR) is 93.8 cm³/mol. The van der Waals surface area contributed by atoms with Crippen molar-refractivity contribution >= 4 is 16.7 Å². The van der Waals surface area contributed by atoms with Crippen LogP contribution >= 0.6 is 0 Å². The van der Waals surface area contributed by atoms with E-state index in [9.17, 15) is 0 Å². The first-order chi connectivity index (χ1) is 11.3. The molecule has 2 N–H and O–H groups in total. The lowest BCUT2D eigenvalue weighted by atomic mass is 10.1. The van der Waals surface area contributed by atoms with E-state index in [-0.39, 0.29) is 6.17 Å². The molecule has 0 unspecified atom stereocenters. The third kappa shape index (κ3) is 2.78. The van der Waals surface area contributed by atoms with Gasteiger partial charge in [0.25, 0.3) is 0 Å². The molecule has 1 fully saturated rings. The highest BCUT2D eigenvalue weighted by Gasteiger charge is 2.21. The number of anilines is 1. The van der Waals surface area contributed by atoms with Crippen LogP contribution in [0.3, 0.4) is 0 Å². The number of hydrogen-bond donors (Lipinski definition) is 1. The molecule has 0 bridgehead atoms. The molecule has 4 nitrogen and oxygen atoms in total. The lowest BCUT2D eigenvalue weighted by Crippen LogP contribution is -2.46. The number of benzene rings is 2. The predicted octanol–water partition coefficient (Wildman–Crippen LogP) is 3.39. The normalized spacial score (nSPS) is 18.3. The molecule has 115 valence electrons. The van der Waals surface area contributed by atoms with Crippen molar-refractivity contribution in [3.63, 3.8) is 0 Å². The van der Waals surface area contributed by atoms with Crippen LogP contribution in [-0.2, 0) is 0 Å². The molecule has 0 saturated carbocycles. The number of rotatable bonds is 2. The molecule has 1 aliphatic rings. The zero-order valence-electron chi connectivity index (χ0n) is 12.9. The molecule has 1 radical (unpaired) electrons. The molecule has 4 heteroatoms. The first kappa shape index (κ1) is 14.2. The molecule has 1 aliphatic heterocycles. The molecular weight excluding hydrogens is 284 g/mol. The largest absolute Gasteiger partial charge is 0.325 e. The third-order valence-corrected chi connectivity index (χ3v) is 4.33. The van der Waals surface area contributed by atoms with Gasteiger partial charge in [0.15, 0.2) is 0 Å². The van der Waals surface area contributed by atoms with Crippen molar-refractivity contribution in [3.8, 4) is 11.3 Å². The second-order valence-electron chi connectivity index (χ2n) is 5.88. The van der Waals surface area contributed by atoms with Gasteiger partial charge in [-0.3, -0.25) is 0 Å². The summed E-state index contributed by atoms with van der Waals surface area (Å²) in [6.45, 7) is 0.877. The Morgan fingerprint density at radius 1 is 1.04 bits per heavy atom. The van der Waals surface area contributed by atoms with E-state index in [2.05, 4.69) is 58.8 Å². The maximum absolute atomic E-state index is 6.19. The Labute approximate surface area is 136 Å². The minimum absolute atomic E-state index is 0.0318. The topological polar surface area (TPSA) is 55.0 Å². The van der Waals surface area contributed by atoms with Gasteiger partial charge in [-0.15, -0.1) is 0 Å². The lowest BCUT2D eigenvalue weighted by Gasteiger charge is -2.32. The molecule has 1 aromatic heterocycles. The summed E-state index contributed by atoms with van der Waals surface area (Å²) < 4.78 is 0. The molecule has 1 atom stereocenters. The Balaban J connectivity index is 1.72. The van der Waals surface area contributed by atoms with Crippen LogP contribution in [0, 0.1) is 6.42 Å². The van der Waals surface area contributed by atoms with Crippen LogP contribution < -0.4 is 10.6 Å². The zero-order chi connectivity index (χ0) is 15.6. The van der Waals surface area contributed by atoms with Crippen molar-refractivity contribution in [1.82, 2.24) is 9.97 Å². The molecule has 0 aliphatic carbocycles. The van der Waals surface area contributed by atoms with E-state index in [0.29, 0.717) is 0 Å². The maximum atomic E-state index is 6.19. The summed E-state index contributed by atoms with van der Waals surface area (Å²) in [6.07, 6.45) is 5.92. The SMILES string of the molecule is N[C@@H]1C[CH]CCN1c1nccc(-c2ccc3ccccc3c2)n1. The van der Waals surface area contributed by atoms with Crippen molar-refractivity contribution in [1.29, 1.82) is 0 Å². The number of piperidine rings is 1. The van der Waals surface area contributed by atoms with E-state index in [4.69, 9.17) is 10.7 Å². The van der Waals surface area contributed by atoms with Crippen molar-refractivity contribution < 1.29 is 0 Å². The van der Waals surface area contributed by atoms with Gasteiger partial charge in [-0.05, 0) is 42.2 Å². The first-order valence-corrected chi connectivity index (χ1v) is 7.97. The average Bonchev–Trinajstić information content (AvgIpc) is 2.62. The van der Waals surface area contributed by atoms with Gasteiger partial charge in [0.05, 0.1) is 11.9 Å². The molecule has 4 rings (SSSR count). The van der Waals surface area contributed by atoms with E-state index in [1.165, 1.54) is 10.8 Å². The molecular formula is C19H19N4.